The van der Waals surface area contributed by atoms with E-state index in [0.717, 1.165) is 31.5 Å². The van der Waals surface area contributed by atoms with Gasteiger partial charge in [-0.2, -0.15) is 0 Å². The van der Waals surface area contributed by atoms with Gasteiger partial charge in [-0.25, -0.2) is 4.79 Å². The number of nitro groups is 1. The van der Waals surface area contributed by atoms with E-state index in [9.17, 15) is 14.9 Å². The van der Waals surface area contributed by atoms with E-state index < -0.39 is 10.9 Å². The first-order chi connectivity index (χ1) is 13.3. The first-order valence-electron chi connectivity index (χ1n) is 9.55. The maximum absolute atomic E-state index is 12.4. The Morgan fingerprint density at radius 2 is 1.75 bits per heavy atom. The van der Waals surface area contributed by atoms with E-state index in [0.29, 0.717) is 5.69 Å². The van der Waals surface area contributed by atoms with Gasteiger partial charge in [0, 0.05) is 19.2 Å². The number of benzene rings is 2. The second-order valence-corrected chi connectivity index (χ2v) is 8.18. The topological polar surface area (TPSA) is 72.7 Å². The highest BCUT2D eigenvalue weighted by atomic mass is 16.6. The lowest BCUT2D eigenvalue weighted by Gasteiger charge is -2.19. The number of anilines is 1. The van der Waals surface area contributed by atoms with Crippen molar-refractivity contribution in [3.05, 3.63) is 69.3 Å². The van der Waals surface area contributed by atoms with Gasteiger partial charge in [-0.05, 0) is 41.5 Å². The van der Waals surface area contributed by atoms with E-state index >= 15 is 0 Å². The predicted octanol–water partition coefficient (Wildman–Crippen LogP) is 4.85. The lowest BCUT2D eigenvalue weighted by molar-refractivity contribution is -0.384. The second-order valence-electron chi connectivity index (χ2n) is 8.18. The van der Waals surface area contributed by atoms with Crippen molar-refractivity contribution < 1.29 is 14.5 Å². The molecule has 28 heavy (non-hydrogen) atoms. The van der Waals surface area contributed by atoms with Crippen LogP contribution in [-0.2, 0) is 16.8 Å². The van der Waals surface area contributed by atoms with Gasteiger partial charge < -0.3 is 9.64 Å². The maximum Gasteiger partial charge on any atom is 0.338 e. The van der Waals surface area contributed by atoms with E-state index in [1.807, 2.05) is 29.2 Å². The van der Waals surface area contributed by atoms with Crippen LogP contribution in [0.2, 0.25) is 0 Å². The van der Waals surface area contributed by atoms with Crippen LogP contribution in [0, 0.1) is 10.1 Å². The fourth-order valence-corrected chi connectivity index (χ4v) is 3.36. The molecule has 0 atom stereocenters. The van der Waals surface area contributed by atoms with Gasteiger partial charge in [0.05, 0.1) is 10.5 Å². The summed E-state index contributed by atoms with van der Waals surface area (Å²) in [5.74, 6) is -0.559. The molecule has 2 aromatic carbocycles. The Balaban J connectivity index is 1.70. The Hall–Kier alpha value is -2.89. The Bertz CT molecular complexity index is 863. The summed E-state index contributed by atoms with van der Waals surface area (Å²) in [5.41, 5.74) is 2.86. The summed E-state index contributed by atoms with van der Waals surface area (Å²) in [5, 5.41) is 11.5. The summed E-state index contributed by atoms with van der Waals surface area (Å²) in [4.78, 5) is 25.4. The van der Waals surface area contributed by atoms with Crippen molar-refractivity contribution >= 4 is 17.3 Å². The van der Waals surface area contributed by atoms with Crippen molar-refractivity contribution in [1.29, 1.82) is 0 Å². The fourth-order valence-electron chi connectivity index (χ4n) is 3.36. The third kappa shape index (κ3) is 4.50. The van der Waals surface area contributed by atoms with Crippen LogP contribution in [-0.4, -0.2) is 24.0 Å². The SMILES string of the molecule is CC(C)(C)c1ccc(COC(=O)c2ccc(N3CCCC3)c([N+](=O)[O-])c2)cc1. The van der Waals surface area contributed by atoms with Crippen molar-refractivity contribution in [1.82, 2.24) is 0 Å². The van der Waals surface area contributed by atoms with Gasteiger partial charge in [0.2, 0.25) is 0 Å². The third-order valence-corrected chi connectivity index (χ3v) is 5.04. The minimum Gasteiger partial charge on any atom is -0.457 e. The lowest BCUT2D eigenvalue weighted by Crippen LogP contribution is -2.19. The number of hydrogen-bond acceptors (Lipinski definition) is 5. The molecule has 1 aliphatic rings. The molecule has 0 spiro atoms. The van der Waals surface area contributed by atoms with Crippen molar-refractivity contribution in [2.75, 3.05) is 18.0 Å². The number of ether oxygens (including phenoxy) is 1. The van der Waals surface area contributed by atoms with Crippen molar-refractivity contribution in [2.45, 2.75) is 45.6 Å². The summed E-state index contributed by atoms with van der Waals surface area (Å²) in [6.07, 6.45) is 2.05. The van der Waals surface area contributed by atoms with E-state index in [1.165, 1.54) is 11.6 Å². The number of esters is 1. The largest absolute Gasteiger partial charge is 0.457 e. The van der Waals surface area contributed by atoms with Gasteiger partial charge in [-0.15, -0.1) is 0 Å². The van der Waals surface area contributed by atoms with Crippen molar-refractivity contribution in [3.8, 4) is 0 Å². The van der Waals surface area contributed by atoms with Crippen LogP contribution in [0.15, 0.2) is 42.5 Å². The third-order valence-electron chi connectivity index (χ3n) is 5.04. The molecule has 1 saturated heterocycles. The smallest absolute Gasteiger partial charge is 0.338 e. The number of nitro benzene ring substituents is 1. The molecule has 6 heteroatoms. The van der Waals surface area contributed by atoms with Gasteiger partial charge in [0.25, 0.3) is 5.69 Å². The van der Waals surface area contributed by atoms with Gasteiger partial charge in [-0.1, -0.05) is 45.0 Å². The Morgan fingerprint density at radius 1 is 1.11 bits per heavy atom. The van der Waals surface area contributed by atoms with Crippen LogP contribution >= 0.6 is 0 Å². The standard InChI is InChI=1S/C22H26N2O4/c1-22(2,3)18-9-6-16(7-10-18)15-28-21(25)17-8-11-19(20(14-17)24(26)27)23-12-4-5-13-23/h6-11,14H,4-5,12-13,15H2,1-3H3. The minimum absolute atomic E-state index is 0.0501. The minimum atomic E-state index is -0.559. The zero-order valence-corrected chi connectivity index (χ0v) is 16.6. The highest BCUT2D eigenvalue weighted by Gasteiger charge is 2.24. The molecule has 3 rings (SSSR count). The van der Waals surface area contributed by atoms with E-state index in [-0.39, 0.29) is 23.3 Å². The number of rotatable bonds is 5. The highest BCUT2D eigenvalue weighted by Crippen LogP contribution is 2.32. The van der Waals surface area contributed by atoms with Crippen LogP contribution in [0.25, 0.3) is 0 Å². The summed E-state index contributed by atoms with van der Waals surface area (Å²) < 4.78 is 5.36. The fraction of sp³-hybridized carbons (Fsp3) is 0.409. The van der Waals surface area contributed by atoms with E-state index in [1.54, 1.807) is 12.1 Å². The van der Waals surface area contributed by atoms with Crippen molar-refractivity contribution in [2.24, 2.45) is 0 Å². The van der Waals surface area contributed by atoms with Gasteiger partial charge in [-0.3, -0.25) is 10.1 Å². The monoisotopic (exact) mass is 382 g/mol. The van der Waals surface area contributed by atoms with Gasteiger partial charge in [0.1, 0.15) is 12.3 Å². The summed E-state index contributed by atoms with van der Waals surface area (Å²) in [7, 11) is 0. The molecule has 0 saturated carbocycles. The molecule has 0 unspecified atom stereocenters. The normalized spacial score (nSPS) is 14.2. The molecule has 6 nitrogen and oxygen atoms in total. The highest BCUT2D eigenvalue weighted by molar-refractivity contribution is 5.91. The summed E-state index contributed by atoms with van der Waals surface area (Å²) in [6.45, 7) is 8.15. The number of carbonyl (C=O) groups excluding carboxylic acids is 1. The maximum atomic E-state index is 12.4. The molecule has 148 valence electrons. The molecule has 0 amide bonds. The molecular formula is C22H26N2O4. The number of nitrogens with zero attached hydrogens (tertiary/aromatic N) is 2. The zero-order chi connectivity index (χ0) is 20.3. The Labute approximate surface area is 165 Å². The second kappa shape index (κ2) is 8.00. The van der Waals surface area contributed by atoms with Crippen LogP contribution in [0.1, 0.15) is 55.1 Å². The van der Waals surface area contributed by atoms with Gasteiger partial charge >= 0.3 is 5.97 Å². The molecular weight excluding hydrogens is 356 g/mol. The van der Waals surface area contributed by atoms with E-state index in [4.69, 9.17) is 4.74 Å². The van der Waals surface area contributed by atoms with Crippen molar-refractivity contribution in [3.63, 3.8) is 0 Å². The van der Waals surface area contributed by atoms with E-state index in [2.05, 4.69) is 20.8 Å². The summed E-state index contributed by atoms with van der Waals surface area (Å²) in [6, 6.07) is 12.5. The van der Waals surface area contributed by atoms with Crippen LogP contribution in [0.3, 0.4) is 0 Å². The molecule has 2 aromatic rings. The average Bonchev–Trinajstić information content (AvgIpc) is 3.19. The Morgan fingerprint density at radius 3 is 2.32 bits per heavy atom. The first-order valence-corrected chi connectivity index (χ1v) is 9.55. The quantitative estimate of drug-likeness (QED) is 0.420. The molecule has 1 aliphatic heterocycles. The molecule has 1 fully saturated rings. The predicted molar refractivity (Wildman–Crippen MR) is 109 cm³/mol. The molecule has 0 bridgehead atoms. The van der Waals surface area contributed by atoms with Crippen LogP contribution < -0.4 is 4.90 Å². The van der Waals surface area contributed by atoms with Gasteiger partial charge in [0.15, 0.2) is 0 Å². The molecule has 0 radical (unpaired) electrons. The van der Waals surface area contributed by atoms with Crippen LogP contribution in [0.4, 0.5) is 11.4 Å². The molecule has 0 aromatic heterocycles. The first kappa shape index (κ1) is 19.9. The molecule has 0 aliphatic carbocycles. The lowest BCUT2D eigenvalue weighted by atomic mass is 9.87. The average molecular weight is 382 g/mol. The molecule has 0 N–H and O–H groups in total. The number of carbonyl (C=O) groups is 1. The van der Waals surface area contributed by atoms with Crippen LogP contribution in [0.5, 0.6) is 0 Å². The zero-order valence-electron chi connectivity index (χ0n) is 16.6. The molecule has 1 heterocycles. The Kier molecular flexibility index (Phi) is 5.68. The number of hydrogen-bond donors (Lipinski definition) is 0. The summed E-state index contributed by atoms with van der Waals surface area (Å²) >= 11 is 0.